The molecule has 0 saturated carbocycles. The molecule has 1 aromatic carbocycles. The van der Waals surface area contributed by atoms with Gasteiger partial charge in [0.05, 0.1) is 5.39 Å². The number of hydrogen-bond donors (Lipinski definition) is 1. The van der Waals surface area contributed by atoms with Crippen LogP contribution in [0.15, 0.2) is 29.6 Å². The Kier molecular flexibility index (Phi) is 3.28. The number of ether oxygens (including phenoxy) is 1. The van der Waals surface area contributed by atoms with Gasteiger partial charge in [0.1, 0.15) is 10.6 Å². The summed E-state index contributed by atoms with van der Waals surface area (Å²) in [6, 6.07) is 8.13. The fourth-order valence-electron chi connectivity index (χ4n) is 1.94. The van der Waals surface area contributed by atoms with Crippen LogP contribution in [-0.2, 0) is 0 Å². The van der Waals surface area contributed by atoms with E-state index in [1.165, 1.54) is 0 Å². The van der Waals surface area contributed by atoms with Crippen molar-refractivity contribution >= 4 is 27.5 Å². The molecule has 0 aliphatic rings. The third kappa shape index (κ3) is 2.32. The zero-order chi connectivity index (χ0) is 14.1. The molecule has 0 unspecified atom stereocenters. The fraction of sp³-hybridized carbons (Fsp3) is 0.200. The highest BCUT2D eigenvalue weighted by Gasteiger charge is 2.11. The number of rotatable bonds is 3. The largest absolute Gasteiger partial charge is 0.438 e. The third-order valence-electron chi connectivity index (χ3n) is 3.06. The van der Waals surface area contributed by atoms with Gasteiger partial charge in [0.2, 0.25) is 11.8 Å². The number of aromatic nitrogens is 2. The fourth-order valence-corrected chi connectivity index (χ4v) is 2.69. The Morgan fingerprint density at radius 1 is 1.15 bits per heavy atom. The van der Waals surface area contributed by atoms with Gasteiger partial charge in [-0.2, -0.15) is 4.98 Å². The van der Waals surface area contributed by atoms with E-state index in [1.54, 1.807) is 18.4 Å². The van der Waals surface area contributed by atoms with Crippen molar-refractivity contribution in [2.45, 2.75) is 13.8 Å². The van der Waals surface area contributed by atoms with Crippen molar-refractivity contribution in [3.05, 3.63) is 40.8 Å². The molecule has 0 aliphatic carbocycles. The van der Waals surface area contributed by atoms with Crippen molar-refractivity contribution in [1.82, 2.24) is 9.97 Å². The van der Waals surface area contributed by atoms with Crippen molar-refractivity contribution in [2.24, 2.45) is 0 Å². The van der Waals surface area contributed by atoms with E-state index in [4.69, 9.17) is 4.74 Å². The molecule has 3 aromatic rings. The van der Waals surface area contributed by atoms with Crippen LogP contribution >= 0.6 is 11.3 Å². The van der Waals surface area contributed by atoms with Crippen LogP contribution in [0.2, 0.25) is 0 Å². The number of anilines is 1. The predicted octanol–water partition coefficient (Wildman–Crippen LogP) is 4.14. The summed E-state index contributed by atoms with van der Waals surface area (Å²) in [5.74, 6) is 1.99. The Labute approximate surface area is 121 Å². The molecule has 4 nitrogen and oxygen atoms in total. The lowest BCUT2D eigenvalue weighted by atomic mass is 10.1. The smallest absolute Gasteiger partial charge is 0.232 e. The summed E-state index contributed by atoms with van der Waals surface area (Å²) in [5.41, 5.74) is 2.25. The molecule has 2 heterocycles. The van der Waals surface area contributed by atoms with E-state index in [0.29, 0.717) is 11.8 Å². The molecule has 20 heavy (non-hydrogen) atoms. The van der Waals surface area contributed by atoms with Gasteiger partial charge in [-0.15, -0.1) is 11.3 Å². The van der Waals surface area contributed by atoms with Crippen LogP contribution in [0, 0.1) is 13.8 Å². The zero-order valence-corrected chi connectivity index (χ0v) is 12.4. The number of fused-ring (bicyclic) bond motifs is 1. The molecule has 5 heteroatoms. The van der Waals surface area contributed by atoms with Gasteiger partial charge in [-0.05, 0) is 42.5 Å². The molecule has 0 atom stereocenters. The SMILES string of the molecule is CNc1nc(Oc2cc(C)ccc2C)c2ccsc2n1. The van der Waals surface area contributed by atoms with Crippen LogP contribution in [0.1, 0.15) is 11.1 Å². The third-order valence-corrected chi connectivity index (χ3v) is 3.87. The highest BCUT2D eigenvalue weighted by Crippen LogP contribution is 2.32. The summed E-state index contributed by atoms with van der Waals surface area (Å²) in [7, 11) is 1.80. The van der Waals surface area contributed by atoms with Crippen LogP contribution in [0.5, 0.6) is 11.6 Å². The first-order valence-electron chi connectivity index (χ1n) is 6.35. The topological polar surface area (TPSA) is 47.0 Å². The van der Waals surface area contributed by atoms with E-state index < -0.39 is 0 Å². The molecule has 0 saturated heterocycles. The average Bonchev–Trinajstić information content (AvgIpc) is 2.91. The van der Waals surface area contributed by atoms with Crippen molar-refractivity contribution in [2.75, 3.05) is 12.4 Å². The highest BCUT2D eigenvalue weighted by atomic mass is 32.1. The monoisotopic (exact) mass is 285 g/mol. The Bertz CT molecular complexity index is 767. The molecular weight excluding hydrogens is 270 g/mol. The van der Waals surface area contributed by atoms with Gasteiger partial charge in [0.15, 0.2) is 0 Å². The number of nitrogens with one attached hydrogen (secondary N) is 1. The summed E-state index contributed by atoms with van der Waals surface area (Å²) < 4.78 is 6.02. The van der Waals surface area contributed by atoms with Crippen LogP contribution in [-0.4, -0.2) is 17.0 Å². The van der Waals surface area contributed by atoms with E-state index in [0.717, 1.165) is 27.1 Å². The first-order valence-corrected chi connectivity index (χ1v) is 7.23. The average molecular weight is 285 g/mol. The summed E-state index contributed by atoms with van der Waals surface area (Å²) in [6.07, 6.45) is 0. The summed E-state index contributed by atoms with van der Waals surface area (Å²) in [6.45, 7) is 4.07. The van der Waals surface area contributed by atoms with Gasteiger partial charge in [0, 0.05) is 7.05 Å². The molecule has 0 amide bonds. The minimum absolute atomic E-state index is 0.570. The second-order valence-corrected chi connectivity index (χ2v) is 5.51. The second-order valence-electron chi connectivity index (χ2n) is 4.61. The van der Waals surface area contributed by atoms with Gasteiger partial charge in [-0.25, -0.2) is 4.98 Å². The van der Waals surface area contributed by atoms with Crippen molar-refractivity contribution in [3.63, 3.8) is 0 Å². The normalized spacial score (nSPS) is 10.8. The Balaban J connectivity index is 2.09. The Morgan fingerprint density at radius 2 is 2.00 bits per heavy atom. The molecule has 0 spiro atoms. The minimum Gasteiger partial charge on any atom is -0.438 e. The second kappa shape index (κ2) is 5.09. The number of nitrogens with zero attached hydrogens (tertiary/aromatic N) is 2. The van der Waals surface area contributed by atoms with Crippen LogP contribution < -0.4 is 10.1 Å². The van der Waals surface area contributed by atoms with E-state index in [9.17, 15) is 0 Å². The van der Waals surface area contributed by atoms with Gasteiger partial charge in [-0.3, -0.25) is 0 Å². The first kappa shape index (κ1) is 12.9. The van der Waals surface area contributed by atoms with Gasteiger partial charge >= 0.3 is 0 Å². The van der Waals surface area contributed by atoms with Crippen molar-refractivity contribution in [3.8, 4) is 11.6 Å². The lowest BCUT2D eigenvalue weighted by molar-refractivity contribution is 0.465. The number of thiophene rings is 1. The molecule has 0 radical (unpaired) electrons. The van der Waals surface area contributed by atoms with Crippen molar-refractivity contribution in [1.29, 1.82) is 0 Å². The number of benzene rings is 1. The van der Waals surface area contributed by atoms with E-state index >= 15 is 0 Å². The lowest BCUT2D eigenvalue weighted by Gasteiger charge is -2.10. The minimum atomic E-state index is 0.570. The quantitative estimate of drug-likeness (QED) is 0.785. The van der Waals surface area contributed by atoms with Crippen LogP contribution in [0.3, 0.4) is 0 Å². The van der Waals surface area contributed by atoms with Gasteiger partial charge in [-0.1, -0.05) is 12.1 Å². The summed E-state index contributed by atoms with van der Waals surface area (Å²) >= 11 is 1.58. The maximum Gasteiger partial charge on any atom is 0.232 e. The maximum atomic E-state index is 6.02. The summed E-state index contributed by atoms with van der Waals surface area (Å²) in [4.78, 5) is 9.75. The molecule has 3 rings (SSSR count). The maximum absolute atomic E-state index is 6.02. The van der Waals surface area contributed by atoms with Gasteiger partial charge in [0.25, 0.3) is 0 Å². The molecule has 1 N–H and O–H groups in total. The molecule has 0 aliphatic heterocycles. The molecule has 0 bridgehead atoms. The zero-order valence-electron chi connectivity index (χ0n) is 11.6. The number of hydrogen-bond acceptors (Lipinski definition) is 5. The van der Waals surface area contributed by atoms with Gasteiger partial charge < -0.3 is 10.1 Å². The first-order chi connectivity index (χ1) is 9.67. The molecule has 2 aromatic heterocycles. The molecule has 102 valence electrons. The highest BCUT2D eigenvalue weighted by molar-refractivity contribution is 7.16. The van der Waals surface area contributed by atoms with Crippen LogP contribution in [0.4, 0.5) is 5.95 Å². The molecular formula is C15H15N3OS. The van der Waals surface area contributed by atoms with E-state index in [2.05, 4.69) is 27.4 Å². The van der Waals surface area contributed by atoms with E-state index in [-0.39, 0.29) is 0 Å². The number of aryl methyl sites for hydroxylation is 2. The predicted molar refractivity (Wildman–Crippen MR) is 83.0 cm³/mol. The van der Waals surface area contributed by atoms with Crippen LogP contribution in [0.25, 0.3) is 10.2 Å². The van der Waals surface area contributed by atoms with E-state index in [1.807, 2.05) is 31.4 Å². The molecule has 0 fully saturated rings. The lowest BCUT2D eigenvalue weighted by Crippen LogP contribution is -1.99. The van der Waals surface area contributed by atoms with Crippen molar-refractivity contribution < 1.29 is 4.74 Å². The Morgan fingerprint density at radius 3 is 2.80 bits per heavy atom. The standard InChI is InChI=1S/C15H15N3OS/c1-9-4-5-10(2)12(8-9)19-13-11-6-7-20-14(11)18-15(16-3)17-13/h4-8H,1-3H3,(H,16,17,18). The summed E-state index contributed by atoms with van der Waals surface area (Å²) in [5, 5.41) is 5.90. The Hall–Kier alpha value is -2.14.